The molecule has 1 aromatic carbocycles. The van der Waals surface area contributed by atoms with Crippen molar-refractivity contribution in [2.45, 2.75) is 29.5 Å². The van der Waals surface area contributed by atoms with Crippen molar-refractivity contribution in [3.05, 3.63) is 81.6 Å². The van der Waals surface area contributed by atoms with Crippen LogP contribution >= 0.6 is 34.4 Å². The number of nitrogens with two attached hydrogens (primary N) is 1. The van der Waals surface area contributed by atoms with Gasteiger partial charge in [0.05, 0.1) is 40.7 Å². The van der Waals surface area contributed by atoms with Gasteiger partial charge in [-0.25, -0.2) is 0 Å². The minimum Gasteiger partial charge on any atom is -0.384 e. The first-order valence-corrected chi connectivity index (χ1v) is 14.8. The number of carbonyl (C=O) groups is 2. The Morgan fingerprint density at radius 1 is 1.23 bits per heavy atom. The second kappa shape index (κ2) is 10.6. The molecule has 39 heavy (non-hydrogen) atoms. The summed E-state index contributed by atoms with van der Waals surface area (Å²) in [4.78, 5) is 32.8. The van der Waals surface area contributed by atoms with Gasteiger partial charge in [-0.05, 0) is 36.4 Å². The van der Waals surface area contributed by atoms with E-state index in [4.69, 9.17) is 5.73 Å². The number of nitriles is 1. The number of anilines is 2. The fourth-order valence-electron chi connectivity index (χ4n) is 4.86. The van der Waals surface area contributed by atoms with E-state index in [-0.39, 0.29) is 23.3 Å². The van der Waals surface area contributed by atoms with E-state index in [2.05, 4.69) is 26.6 Å². The Bertz CT molecular complexity index is 1700. The fraction of sp³-hybridized carbons (Fsp3) is 0.185. The first-order valence-electron chi connectivity index (χ1n) is 12.1. The molecular formula is C27H21N7O2S3. The lowest BCUT2D eigenvalue weighted by Crippen LogP contribution is -2.38. The van der Waals surface area contributed by atoms with Crippen LogP contribution in [-0.4, -0.2) is 32.6 Å². The highest BCUT2D eigenvalue weighted by Crippen LogP contribution is 2.47. The van der Waals surface area contributed by atoms with Gasteiger partial charge in [0, 0.05) is 28.0 Å². The number of pyridine rings is 1. The first kappa shape index (κ1) is 25.2. The summed E-state index contributed by atoms with van der Waals surface area (Å²) >= 11 is 4.03. The van der Waals surface area contributed by atoms with E-state index in [9.17, 15) is 14.9 Å². The smallest absolute Gasteiger partial charge is 0.234 e. The third-order valence-corrected chi connectivity index (χ3v) is 9.51. The van der Waals surface area contributed by atoms with E-state index in [1.807, 2.05) is 47.8 Å². The van der Waals surface area contributed by atoms with Crippen molar-refractivity contribution in [3.63, 3.8) is 0 Å². The number of para-hydroxylation sites is 1. The second-order valence-electron chi connectivity index (χ2n) is 8.94. The number of hydrogen-bond acceptors (Lipinski definition) is 11. The van der Waals surface area contributed by atoms with Gasteiger partial charge in [-0.15, -0.1) is 21.5 Å². The Morgan fingerprint density at radius 3 is 2.92 bits per heavy atom. The molecule has 4 aromatic rings. The number of amides is 1. The average molecular weight is 572 g/mol. The van der Waals surface area contributed by atoms with Crippen LogP contribution in [0.15, 0.2) is 81.0 Å². The van der Waals surface area contributed by atoms with E-state index in [1.165, 1.54) is 34.4 Å². The molecule has 2 aliphatic rings. The summed E-state index contributed by atoms with van der Waals surface area (Å²) in [7, 11) is 0. The molecular weight excluding hydrogens is 551 g/mol. The van der Waals surface area contributed by atoms with E-state index >= 15 is 0 Å². The van der Waals surface area contributed by atoms with Crippen LogP contribution < -0.4 is 16.0 Å². The molecule has 3 aromatic heterocycles. The third-order valence-electron chi connectivity index (χ3n) is 6.53. The number of benzene rings is 1. The van der Waals surface area contributed by atoms with Gasteiger partial charge in [-0.3, -0.25) is 19.5 Å². The summed E-state index contributed by atoms with van der Waals surface area (Å²) in [6.07, 6.45) is 3.41. The molecule has 1 amide bonds. The number of fused-ring (bicyclic) bond motifs is 1. The molecule has 0 spiro atoms. The maximum Gasteiger partial charge on any atom is 0.234 e. The van der Waals surface area contributed by atoms with Crippen molar-refractivity contribution in [2.24, 2.45) is 5.73 Å². The van der Waals surface area contributed by atoms with Crippen molar-refractivity contribution in [1.82, 2.24) is 15.2 Å². The third kappa shape index (κ3) is 4.80. The zero-order chi connectivity index (χ0) is 26.9. The van der Waals surface area contributed by atoms with E-state index in [1.54, 1.807) is 11.1 Å². The molecule has 4 heterocycles. The molecule has 1 unspecified atom stereocenters. The Labute approximate surface area is 236 Å². The van der Waals surface area contributed by atoms with Crippen LogP contribution in [0.1, 0.15) is 30.1 Å². The SMILES string of the molecule is N#CC1=C(N)N(c2nnc(SCC(=O)Nc3cnc4ccccc4c3)s2)C2=C(C(=O)CCC2)C1c1cccs1. The molecule has 0 saturated heterocycles. The lowest BCUT2D eigenvalue weighted by molar-refractivity contribution is -0.116. The summed E-state index contributed by atoms with van der Waals surface area (Å²) in [6, 6.07) is 15.7. The van der Waals surface area contributed by atoms with Crippen LogP contribution in [0.2, 0.25) is 0 Å². The zero-order valence-corrected chi connectivity index (χ0v) is 22.9. The molecule has 0 bridgehead atoms. The molecule has 3 N–H and O–H groups in total. The number of thiophene rings is 1. The molecule has 0 fully saturated rings. The predicted molar refractivity (Wildman–Crippen MR) is 153 cm³/mol. The number of rotatable bonds is 6. The molecule has 194 valence electrons. The van der Waals surface area contributed by atoms with E-state index < -0.39 is 5.92 Å². The fourth-order valence-corrected chi connectivity index (χ4v) is 7.38. The number of thioether (sulfide) groups is 1. The predicted octanol–water partition coefficient (Wildman–Crippen LogP) is 5.18. The van der Waals surface area contributed by atoms with Crippen LogP contribution in [-0.2, 0) is 9.59 Å². The lowest BCUT2D eigenvalue weighted by Gasteiger charge is -2.37. The number of carbonyl (C=O) groups excluding carboxylic acids is 2. The molecule has 12 heteroatoms. The van der Waals surface area contributed by atoms with Crippen molar-refractivity contribution in [1.29, 1.82) is 5.26 Å². The van der Waals surface area contributed by atoms with Crippen molar-refractivity contribution < 1.29 is 9.59 Å². The first-order chi connectivity index (χ1) is 19.0. The number of Topliss-reactive ketones (excluding diaryl/α,β-unsaturated/α-hetero) is 1. The summed E-state index contributed by atoms with van der Waals surface area (Å²) in [5, 5.41) is 24.9. The van der Waals surface area contributed by atoms with Crippen LogP contribution in [0, 0.1) is 11.3 Å². The number of ketones is 1. The van der Waals surface area contributed by atoms with E-state index in [0.717, 1.165) is 21.5 Å². The largest absolute Gasteiger partial charge is 0.384 e. The van der Waals surface area contributed by atoms with Crippen molar-refractivity contribution in [2.75, 3.05) is 16.0 Å². The number of nitrogens with one attached hydrogen (secondary N) is 1. The van der Waals surface area contributed by atoms with Crippen molar-refractivity contribution >= 4 is 67.8 Å². The monoisotopic (exact) mass is 571 g/mol. The molecule has 0 radical (unpaired) electrons. The molecule has 6 rings (SSSR count). The number of allylic oxidation sites excluding steroid dienone is 3. The Hall–Kier alpha value is -4.05. The quantitative estimate of drug-likeness (QED) is 0.300. The van der Waals surface area contributed by atoms with Gasteiger partial charge < -0.3 is 11.1 Å². The number of hydrogen-bond donors (Lipinski definition) is 2. The summed E-state index contributed by atoms with van der Waals surface area (Å²) < 4.78 is 0.577. The topological polar surface area (TPSA) is 138 Å². The minimum absolute atomic E-state index is 0.0267. The van der Waals surface area contributed by atoms with Crippen LogP contribution in [0.5, 0.6) is 0 Å². The highest BCUT2D eigenvalue weighted by atomic mass is 32.2. The molecule has 1 aliphatic carbocycles. The van der Waals surface area contributed by atoms with Gasteiger partial charge in [-0.2, -0.15) is 5.26 Å². The zero-order valence-electron chi connectivity index (χ0n) is 20.5. The van der Waals surface area contributed by atoms with Gasteiger partial charge >= 0.3 is 0 Å². The Kier molecular flexibility index (Phi) is 6.86. The maximum absolute atomic E-state index is 13.1. The molecule has 1 aliphatic heterocycles. The number of nitrogens with zero attached hydrogens (tertiary/aromatic N) is 5. The highest BCUT2D eigenvalue weighted by Gasteiger charge is 2.41. The Morgan fingerprint density at radius 2 is 2.10 bits per heavy atom. The van der Waals surface area contributed by atoms with Gasteiger partial charge in [-0.1, -0.05) is 47.4 Å². The molecule has 0 saturated carbocycles. The highest BCUT2D eigenvalue weighted by molar-refractivity contribution is 8.01. The van der Waals surface area contributed by atoms with Crippen LogP contribution in [0.4, 0.5) is 10.8 Å². The molecule has 1 atom stereocenters. The maximum atomic E-state index is 13.1. The Balaban J connectivity index is 1.22. The summed E-state index contributed by atoms with van der Waals surface area (Å²) in [5.41, 5.74) is 9.77. The van der Waals surface area contributed by atoms with Crippen LogP contribution in [0.25, 0.3) is 10.9 Å². The van der Waals surface area contributed by atoms with E-state index in [0.29, 0.717) is 45.6 Å². The minimum atomic E-state index is -0.468. The standard InChI is InChI=1S/C27H21N7O2S3/c28-12-17-23(21-9-4-10-37-21)24-19(7-3-8-20(24)35)34(25(17)29)26-32-33-27(39-26)38-14-22(36)31-16-11-15-5-1-2-6-18(15)30-13-16/h1-2,4-6,9-11,13,23H,3,7-8,14,29H2,(H,31,36). The van der Waals surface area contributed by atoms with Crippen LogP contribution in [0.3, 0.4) is 0 Å². The summed E-state index contributed by atoms with van der Waals surface area (Å²) in [5.74, 6) is -0.246. The lowest BCUT2D eigenvalue weighted by atomic mass is 9.78. The van der Waals surface area contributed by atoms with Gasteiger partial charge in [0.15, 0.2) is 10.1 Å². The van der Waals surface area contributed by atoms with Crippen molar-refractivity contribution in [3.8, 4) is 6.07 Å². The van der Waals surface area contributed by atoms with Gasteiger partial charge in [0.1, 0.15) is 5.82 Å². The number of aromatic nitrogens is 3. The normalized spacial score (nSPS) is 17.4. The van der Waals surface area contributed by atoms with Gasteiger partial charge in [0.2, 0.25) is 11.0 Å². The molecule has 9 nitrogen and oxygen atoms in total. The summed E-state index contributed by atoms with van der Waals surface area (Å²) in [6.45, 7) is 0. The average Bonchev–Trinajstić information content (AvgIpc) is 3.64. The second-order valence-corrected chi connectivity index (χ2v) is 12.1. The van der Waals surface area contributed by atoms with Gasteiger partial charge in [0.25, 0.3) is 0 Å².